The van der Waals surface area contributed by atoms with Gasteiger partial charge in [0.2, 0.25) is 0 Å². The average Bonchev–Trinajstić information content (AvgIpc) is 2.05. The van der Waals surface area contributed by atoms with E-state index >= 15 is 0 Å². The molecule has 1 aromatic carbocycles. The van der Waals surface area contributed by atoms with Gasteiger partial charge in [-0.25, -0.2) is 0 Å². The van der Waals surface area contributed by atoms with Gasteiger partial charge >= 0.3 is 29.6 Å². The minimum atomic E-state index is -0.971. The molecule has 2 nitrogen and oxygen atoms in total. The zero-order valence-corrected chi connectivity index (χ0v) is 8.40. The average molecular weight is 160 g/mol. The van der Waals surface area contributed by atoms with E-state index in [0.29, 0.717) is 11.8 Å². The number of carbonyl (C=O) groups is 1. The largest absolute Gasteiger partial charge is 1.00 e. The van der Waals surface area contributed by atoms with Crippen LogP contribution >= 0.6 is 0 Å². The van der Waals surface area contributed by atoms with Crippen molar-refractivity contribution in [2.45, 2.75) is 6.10 Å². The van der Waals surface area contributed by atoms with Crippen molar-refractivity contribution in [3.05, 3.63) is 35.9 Å². The van der Waals surface area contributed by atoms with Crippen molar-refractivity contribution in [3.8, 4) is 0 Å². The second-order valence-corrected chi connectivity index (χ2v) is 1.99. The molecule has 0 fully saturated rings. The van der Waals surface area contributed by atoms with Crippen LogP contribution in [0.3, 0.4) is 0 Å². The molecule has 1 atom stereocenters. The predicted octanol–water partition coefficient (Wildman–Crippen LogP) is -1.96. The molecule has 1 N–H and O–H groups in total. The van der Waals surface area contributed by atoms with E-state index in [1.165, 1.54) is 0 Å². The Morgan fingerprint density at radius 3 is 2.36 bits per heavy atom. The van der Waals surface area contributed by atoms with E-state index in [0.717, 1.165) is 0 Å². The van der Waals surface area contributed by atoms with Crippen LogP contribution in [0.2, 0.25) is 0 Å². The number of benzene rings is 1. The number of hydrogen-bond donors (Lipinski definition) is 1. The van der Waals surface area contributed by atoms with E-state index in [4.69, 9.17) is 5.11 Å². The van der Waals surface area contributed by atoms with Gasteiger partial charge in [0.15, 0.2) is 6.29 Å². The SMILES string of the molecule is O=CC(O)c1ccccc1.[H-].[Na+]. The molecular weight excluding hydrogens is 151 g/mol. The van der Waals surface area contributed by atoms with Gasteiger partial charge in [-0.3, -0.25) is 0 Å². The fraction of sp³-hybridized carbons (Fsp3) is 0.125. The number of aliphatic hydroxyl groups excluding tert-OH is 1. The Balaban J connectivity index is 0. The Labute approximate surface area is 89.0 Å². The Kier molecular flexibility index (Phi) is 5.42. The summed E-state index contributed by atoms with van der Waals surface area (Å²) in [6.45, 7) is 0. The first-order valence-electron chi connectivity index (χ1n) is 3.03. The summed E-state index contributed by atoms with van der Waals surface area (Å²) in [4.78, 5) is 10.1. The van der Waals surface area contributed by atoms with Gasteiger partial charge in [0.1, 0.15) is 6.10 Å². The maximum atomic E-state index is 10.1. The number of hydrogen-bond acceptors (Lipinski definition) is 2. The van der Waals surface area contributed by atoms with E-state index in [2.05, 4.69) is 0 Å². The van der Waals surface area contributed by atoms with Crippen LogP contribution in [0, 0.1) is 0 Å². The Morgan fingerprint density at radius 1 is 1.36 bits per heavy atom. The van der Waals surface area contributed by atoms with Crippen LogP contribution in [0.15, 0.2) is 30.3 Å². The molecule has 1 aromatic rings. The van der Waals surface area contributed by atoms with Crippen LogP contribution in [-0.4, -0.2) is 11.4 Å². The molecule has 1 unspecified atom stereocenters. The molecule has 0 aromatic heterocycles. The van der Waals surface area contributed by atoms with Crippen molar-refractivity contribution >= 4 is 6.29 Å². The van der Waals surface area contributed by atoms with E-state index in [1.807, 2.05) is 6.07 Å². The van der Waals surface area contributed by atoms with Crippen LogP contribution in [0.4, 0.5) is 0 Å². The second kappa shape index (κ2) is 5.49. The monoisotopic (exact) mass is 160 g/mol. The first-order chi connectivity index (χ1) is 4.84. The molecule has 0 saturated heterocycles. The van der Waals surface area contributed by atoms with Gasteiger partial charge in [-0.1, -0.05) is 30.3 Å². The Hall–Kier alpha value is -0.150. The summed E-state index contributed by atoms with van der Waals surface area (Å²) in [6.07, 6.45) is -0.462. The molecule has 0 bridgehead atoms. The molecule has 0 radical (unpaired) electrons. The molecule has 1 rings (SSSR count). The molecule has 0 spiro atoms. The third kappa shape index (κ3) is 3.16. The molecule has 0 aliphatic heterocycles. The summed E-state index contributed by atoms with van der Waals surface area (Å²) >= 11 is 0. The van der Waals surface area contributed by atoms with Gasteiger partial charge in [-0.15, -0.1) is 0 Å². The number of rotatable bonds is 2. The number of aliphatic hydroxyl groups is 1. The normalized spacial score (nSPS) is 11.4. The summed E-state index contributed by atoms with van der Waals surface area (Å²) in [5.41, 5.74) is 0.637. The summed E-state index contributed by atoms with van der Waals surface area (Å²) in [6, 6.07) is 8.81. The summed E-state index contributed by atoms with van der Waals surface area (Å²) < 4.78 is 0. The van der Waals surface area contributed by atoms with Crippen LogP contribution < -0.4 is 29.6 Å². The van der Waals surface area contributed by atoms with Gasteiger partial charge in [0.25, 0.3) is 0 Å². The summed E-state index contributed by atoms with van der Waals surface area (Å²) in [5, 5.41) is 8.96. The van der Waals surface area contributed by atoms with E-state index < -0.39 is 6.10 Å². The molecule has 0 saturated carbocycles. The predicted molar refractivity (Wildman–Crippen MR) is 38.6 cm³/mol. The number of aldehydes is 1. The van der Waals surface area contributed by atoms with Gasteiger partial charge in [0.05, 0.1) is 0 Å². The van der Waals surface area contributed by atoms with Crippen molar-refractivity contribution in [2.75, 3.05) is 0 Å². The minimum Gasteiger partial charge on any atom is -1.00 e. The van der Waals surface area contributed by atoms with Crippen molar-refractivity contribution in [3.63, 3.8) is 0 Å². The van der Waals surface area contributed by atoms with Gasteiger partial charge in [-0.05, 0) is 5.56 Å². The Morgan fingerprint density at radius 2 is 1.91 bits per heavy atom. The van der Waals surface area contributed by atoms with Crippen molar-refractivity contribution in [1.82, 2.24) is 0 Å². The molecule has 3 heteroatoms. The third-order valence-corrected chi connectivity index (χ3v) is 1.27. The third-order valence-electron chi connectivity index (χ3n) is 1.27. The van der Waals surface area contributed by atoms with Crippen LogP contribution in [0.5, 0.6) is 0 Å². The van der Waals surface area contributed by atoms with Crippen LogP contribution in [0.1, 0.15) is 13.1 Å². The minimum absolute atomic E-state index is 0. The van der Waals surface area contributed by atoms with E-state index in [1.54, 1.807) is 24.3 Å². The first-order valence-corrected chi connectivity index (χ1v) is 3.03. The molecular formula is C8H9NaO2. The standard InChI is InChI=1S/C8H8O2.Na.H/c9-6-8(10)7-4-2-1-3-5-7;;/h1-6,8,10H;;/q;+1;-1. The first kappa shape index (κ1) is 10.8. The van der Waals surface area contributed by atoms with Crippen molar-refractivity contribution in [1.29, 1.82) is 0 Å². The van der Waals surface area contributed by atoms with Gasteiger partial charge in [-0.2, -0.15) is 0 Å². The molecule has 0 aliphatic carbocycles. The summed E-state index contributed by atoms with van der Waals surface area (Å²) in [7, 11) is 0. The quantitative estimate of drug-likeness (QED) is 0.403. The molecule has 11 heavy (non-hydrogen) atoms. The smallest absolute Gasteiger partial charge is 1.00 e. The second-order valence-electron chi connectivity index (χ2n) is 1.99. The van der Waals surface area contributed by atoms with Crippen LogP contribution in [-0.2, 0) is 4.79 Å². The van der Waals surface area contributed by atoms with E-state index in [9.17, 15) is 4.79 Å². The molecule has 54 valence electrons. The Bertz CT molecular complexity index is 216. The van der Waals surface area contributed by atoms with E-state index in [-0.39, 0.29) is 31.0 Å². The van der Waals surface area contributed by atoms with Crippen LogP contribution in [0.25, 0.3) is 0 Å². The topological polar surface area (TPSA) is 37.3 Å². The fourth-order valence-electron chi connectivity index (χ4n) is 0.729. The number of carbonyl (C=O) groups excluding carboxylic acids is 1. The molecule has 0 heterocycles. The maximum absolute atomic E-state index is 10.1. The zero-order valence-electron chi connectivity index (χ0n) is 7.40. The van der Waals surface area contributed by atoms with Crippen molar-refractivity contribution < 1.29 is 40.9 Å². The van der Waals surface area contributed by atoms with Gasteiger partial charge in [0, 0.05) is 0 Å². The van der Waals surface area contributed by atoms with Crippen molar-refractivity contribution in [2.24, 2.45) is 0 Å². The maximum Gasteiger partial charge on any atom is 1.00 e. The molecule has 0 aliphatic rings. The van der Waals surface area contributed by atoms with Gasteiger partial charge < -0.3 is 11.3 Å². The summed E-state index contributed by atoms with van der Waals surface area (Å²) in [5.74, 6) is 0. The fourth-order valence-corrected chi connectivity index (χ4v) is 0.729. The zero-order chi connectivity index (χ0) is 7.40. The molecule has 0 amide bonds.